The van der Waals surface area contributed by atoms with Crippen LogP contribution in [0.2, 0.25) is 0 Å². The summed E-state index contributed by atoms with van der Waals surface area (Å²) in [5.41, 5.74) is 3.19. The number of aromatic nitrogens is 1. The van der Waals surface area contributed by atoms with Crippen LogP contribution in [0.25, 0.3) is 0 Å². The van der Waals surface area contributed by atoms with Crippen LogP contribution in [0, 0.1) is 13.8 Å². The Labute approximate surface area is 122 Å². The molecule has 0 spiro atoms. The van der Waals surface area contributed by atoms with Crippen molar-refractivity contribution in [2.75, 3.05) is 0 Å². The van der Waals surface area contributed by atoms with Crippen molar-refractivity contribution in [3.05, 3.63) is 56.1 Å². The smallest absolute Gasteiger partial charge is 0.307 e. The maximum absolute atomic E-state index is 11.8. The Balaban J connectivity index is 1.81. The van der Waals surface area contributed by atoms with Crippen molar-refractivity contribution in [1.29, 1.82) is 0 Å². The lowest BCUT2D eigenvalue weighted by Crippen LogP contribution is -2.25. The van der Waals surface area contributed by atoms with Crippen LogP contribution >= 0.6 is 11.3 Å². The molecule has 2 aromatic rings. The molecule has 0 atom stereocenters. The average Bonchev–Trinajstić information content (AvgIpc) is 2.75. The van der Waals surface area contributed by atoms with E-state index >= 15 is 0 Å². The van der Waals surface area contributed by atoms with Crippen LogP contribution in [0.3, 0.4) is 0 Å². The number of benzene rings is 1. The molecular weight excluding hydrogens is 272 g/mol. The molecule has 0 aliphatic heterocycles. The number of nitrogens with one attached hydrogen (secondary N) is 1. The standard InChI is InChI=1S/C15H18N2O2S/c1-11-3-5-13(6-4-11)9-16-14(18)7-8-17-12(2)10-20-15(17)19/h3-6,10H,7-9H2,1-2H3,(H,16,18). The topological polar surface area (TPSA) is 51.1 Å². The van der Waals surface area contributed by atoms with E-state index in [0.717, 1.165) is 11.3 Å². The molecule has 0 aliphatic rings. The first kappa shape index (κ1) is 14.5. The fourth-order valence-corrected chi connectivity index (χ4v) is 2.64. The summed E-state index contributed by atoms with van der Waals surface area (Å²) in [6.07, 6.45) is 0.323. The Morgan fingerprint density at radius 1 is 1.25 bits per heavy atom. The van der Waals surface area contributed by atoms with Crippen molar-refractivity contribution in [3.8, 4) is 0 Å². The van der Waals surface area contributed by atoms with Crippen LogP contribution in [0.1, 0.15) is 23.2 Å². The van der Waals surface area contributed by atoms with E-state index in [-0.39, 0.29) is 10.8 Å². The average molecular weight is 290 g/mol. The van der Waals surface area contributed by atoms with Crippen LogP contribution in [-0.4, -0.2) is 10.5 Å². The van der Waals surface area contributed by atoms with Gasteiger partial charge in [-0.25, -0.2) is 0 Å². The zero-order valence-corrected chi connectivity index (χ0v) is 12.5. The van der Waals surface area contributed by atoms with Gasteiger partial charge in [-0.15, -0.1) is 0 Å². The molecule has 0 radical (unpaired) electrons. The third kappa shape index (κ3) is 3.81. The second kappa shape index (κ2) is 6.52. The Morgan fingerprint density at radius 3 is 2.55 bits per heavy atom. The molecule has 0 aliphatic carbocycles. The van der Waals surface area contributed by atoms with Gasteiger partial charge in [0.2, 0.25) is 5.91 Å². The number of rotatable bonds is 5. The first-order valence-electron chi connectivity index (χ1n) is 6.53. The Kier molecular flexibility index (Phi) is 4.74. The Hall–Kier alpha value is -1.88. The second-order valence-corrected chi connectivity index (χ2v) is 5.63. The van der Waals surface area contributed by atoms with E-state index in [1.54, 1.807) is 4.57 Å². The van der Waals surface area contributed by atoms with E-state index in [0.29, 0.717) is 19.5 Å². The molecule has 0 bridgehead atoms. The van der Waals surface area contributed by atoms with Gasteiger partial charge in [0.15, 0.2) is 0 Å². The van der Waals surface area contributed by atoms with E-state index in [1.807, 2.05) is 43.5 Å². The third-order valence-electron chi connectivity index (χ3n) is 3.15. The maximum atomic E-state index is 11.8. The molecule has 1 heterocycles. The van der Waals surface area contributed by atoms with E-state index in [4.69, 9.17) is 0 Å². The van der Waals surface area contributed by atoms with Crippen LogP contribution in [-0.2, 0) is 17.9 Å². The predicted octanol–water partition coefficient (Wildman–Crippen LogP) is 2.23. The zero-order valence-electron chi connectivity index (χ0n) is 11.7. The lowest BCUT2D eigenvalue weighted by Gasteiger charge is -2.07. The molecule has 20 heavy (non-hydrogen) atoms. The van der Waals surface area contributed by atoms with Gasteiger partial charge in [-0.05, 0) is 19.4 Å². The minimum Gasteiger partial charge on any atom is -0.352 e. The lowest BCUT2D eigenvalue weighted by atomic mass is 10.1. The predicted molar refractivity (Wildman–Crippen MR) is 81.0 cm³/mol. The minimum atomic E-state index is -0.0388. The molecule has 1 amide bonds. The van der Waals surface area contributed by atoms with Gasteiger partial charge in [0.05, 0.1) is 0 Å². The van der Waals surface area contributed by atoms with E-state index < -0.39 is 0 Å². The van der Waals surface area contributed by atoms with Gasteiger partial charge in [-0.2, -0.15) is 0 Å². The normalized spacial score (nSPS) is 10.5. The summed E-state index contributed by atoms with van der Waals surface area (Å²) in [6.45, 7) is 4.87. The summed E-state index contributed by atoms with van der Waals surface area (Å²) in [5.74, 6) is -0.0388. The fourth-order valence-electron chi connectivity index (χ4n) is 1.88. The highest BCUT2D eigenvalue weighted by molar-refractivity contribution is 7.07. The van der Waals surface area contributed by atoms with Crippen molar-refractivity contribution < 1.29 is 4.79 Å². The van der Waals surface area contributed by atoms with Gasteiger partial charge in [0, 0.05) is 30.6 Å². The summed E-state index contributed by atoms with van der Waals surface area (Å²) >= 11 is 1.17. The quantitative estimate of drug-likeness (QED) is 0.918. The number of carbonyl (C=O) groups excluding carboxylic acids is 1. The molecule has 2 rings (SSSR count). The van der Waals surface area contributed by atoms with E-state index in [1.165, 1.54) is 16.9 Å². The monoisotopic (exact) mass is 290 g/mol. The lowest BCUT2D eigenvalue weighted by molar-refractivity contribution is -0.121. The molecule has 1 N–H and O–H groups in total. The summed E-state index contributed by atoms with van der Waals surface area (Å²) in [4.78, 5) is 23.3. The second-order valence-electron chi connectivity index (χ2n) is 4.81. The first-order chi connectivity index (χ1) is 9.56. The highest BCUT2D eigenvalue weighted by Gasteiger charge is 2.06. The molecule has 106 valence electrons. The number of nitrogens with zero attached hydrogens (tertiary/aromatic N) is 1. The third-order valence-corrected chi connectivity index (χ3v) is 4.03. The number of hydrogen-bond acceptors (Lipinski definition) is 3. The molecule has 0 fully saturated rings. The summed E-state index contributed by atoms with van der Waals surface area (Å²) in [6, 6.07) is 8.05. The van der Waals surface area contributed by atoms with Crippen LogP contribution in [0.4, 0.5) is 0 Å². The number of aryl methyl sites for hydroxylation is 2. The molecule has 0 unspecified atom stereocenters. The summed E-state index contributed by atoms with van der Waals surface area (Å²) in [5, 5.41) is 4.68. The molecule has 5 heteroatoms. The molecule has 4 nitrogen and oxygen atoms in total. The number of hydrogen-bond donors (Lipinski definition) is 1. The van der Waals surface area contributed by atoms with Crippen LogP contribution in [0.15, 0.2) is 34.4 Å². The van der Waals surface area contributed by atoms with Crippen molar-refractivity contribution in [2.45, 2.75) is 33.4 Å². The Morgan fingerprint density at radius 2 is 1.95 bits per heavy atom. The molecule has 0 saturated carbocycles. The molecule has 1 aromatic heterocycles. The first-order valence-corrected chi connectivity index (χ1v) is 7.41. The van der Waals surface area contributed by atoms with Crippen molar-refractivity contribution in [2.24, 2.45) is 0 Å². The molecular formula is C15H18N2O2S. The van der Waals surface area contributed by atoms with Gasteiger partial charge < -0.3 is 9.88 Å². The fraction of sp³-hybridized carbons (Fsp3) is 0.333. The van der Waals surface area contributed by atoms with Crippen molar-refractivity contribution in [1.82, 2.24) is 9.88 Å². The minimum absolute atomic E-state index is 0.00571. The van der Waals surface area contributed by atoms with E-state index in [2.05, 4.69) is 5.32 Å². The van der Waals surface area contributed by atoms with Gasteiger partial charge in [0.1, 0.15) is 0 Å². The van der Waals surface area contributed by atoms with Gasteiger partial charge in [0.25, 0.3) is 0 Å². The molecule has 0 saturated heterocycles. The van der Waals surface area contributed by atoms with Gasteiger partial charge in [-0.3, -0.25) is 9.59 Å². The SMILES string of the molecule is Cc1ccc(CNC(=O)CCn2c(C)csc2=O)cc1. The summed E-state index contributed by atoms with van der Waals surface area (Å²) < 4.78 is 1.64. The van der Waals surface area contributed by atoms with Crippen LogP contribution in [0.5, 0.6) is 0 Å². The van der Waals surface area contributed by atoms with Crippen LogP contribution < -0.4 is 10.2 Å². The van der Waals surface area contributed by atoms with E-state index in [9.17, 15) is 9.59 Å². The van der Waals surface area contributed by atoms with Gasteiger partial charge in [-0.1, -0.05) is 41.2 Å². The van der Waals surface area contributed by atoms with Crippen molar-refractivity contribution in [3.63, 3.8) is 0 Å². The number of thiazole rings is 1. The highest BCUT2D eigenvalue weighted by Crippen LogP contribution is 2.03. The zero-order chi connectivity index (χ0) is 14.5. The largest absolute Gasteiger partial charge is 0.352 e. The maximum Gasteiger partial charge on any atom is 0.307 e. The number of amides is 1. The summed E-state index contributed by atoms with van der Waals surface area (Å²) in [7, 11) is 0. The van der Waals surface area contributed by atoms with Gasteiger partial charge >= 0.3 is 4.87 Å². The highest BCUT2D eigenvalue weighted by atomic mass is 32.1. The Bertz CT molecular complexity index is 641. The number of carbonyl (C=O) groups is 1. The molecule has 1 aromatic carbocycles. The van der Waals surface area contributed by atoms with Crippen molar-refractivity contribution >= 4 is 17.2 Å².